The number of carbonyl (C=O) groups excluding carboxylic acids is 1. The van der Waals surface area contributed by atoms with Crippen molar-refractivity contribution >= 4 is 11.9 Å². The zero-order chi connectivity index (χ0) is 13.1. The van der Waals surface area contributed by atoms with Crippen molar-refractivity contribution in [1.29, 1.82) is 0 Å². The van der Waals surface area contributed by atoms with Crippen molar-refractivity contribution in [3.8, 4) is 0 Å². The Hall–Kier alpha value is -1.30. The van der Waals surface area contributed by atoms with Crippen LogP contribution in [0.15, 0.2) is 4.99 Å². The van der Waals surface area contributed by atoms with Gasteiger partial charge in [-0.2, -0.15) is 0 Å². The van der Waals surface area contributed by atoms with Crippen molar-refractivity contribution in [2.45, 2.75) is 32.2 Å². The van der Waals surface area contributed by atoms with Crippen LogP contribution < -0.4 is 11.1 Å². The van der Waals surface area contributed by atoms with Gasteiger partial charge in [0, 0.05) is 26.1 Å². The smallest absolute Gasteiger partial charge is 0.305 e. The first-order valence-electron chi connectivity index (χ1n) is 5.72. The van der Waals surface area contributed by atoms with E-state index in [0.29, 0.717) is 25.5 Å². The molecule has 0 fully saturated rings. The fraction of sp³-hybridized carbons (Fsp3) is 0.818. The number of carbonyl (C=O) groups is 1. The Morgan fingerprint density at radius 2 is 2.12 bits per heavy atom. The summed E-state index contributed by atoms with van der Waals surface area (Å²) in [5, 5.41) is 3.00. The van der Waals surface area contributed by atoms with E-state index in [0.717, 1.165) is 12.8 Å². The lowest BCUT2D eigenvalue weighted by atomic mass is 10.2. The second kappa shape index (κ2) is 9.89. The average molecular weight is 245 g/mol. The van der Waals surface area contributed by atoms with Gasteiger partial charge in [-0.25, -0.2) is 0 Å². The Morgan fingerprint density at radius 3 is 2.71 bits per heavy atom. The number of nitrogens with two attached hydrogens (primary N) is 1. The van der Waals surface area contributed by atoms with Crippen LogP contribution in [-0.4, -0.2) is 45.3 Å². The van der Waals surface area contributed by atoms with E-state index in [2.05, 4.69) is 15.0 Å². The molecule has 0 aromatic heterocycles. The zero-order valence-corrected chi connectivity index (χ0v) is 10.9. The van der Waals surface area contributed by atoms with Crippen LogP contribution in [0.1, 0.15) is 26.2 Å². The number of guanidine groups is 1. The predicted molar refractivity (Wildman–Crippen MR) is 66.8 cm³/mol. The van der Waals surface area contributed by atoms with Gasteiger partial charge in [0.25, 0.3) is 0 Å². The third-order valence-electron chi connectivity index (χ3n) is 2.11. The van der Waals surface area contributed by atoms with Gasteiger partial charge in [0.05, 0.1) is 13.7 Å². The summed E-state index contributed by atoms with van der Waals surface area (Å²) >= 11 is 0. The lowest BCUT2D eigenvalue weighted by Crippen LogP contribution is -2.40. The Bertz CT molecular complexity index is 244. The van der Waals surface area contributed by atoms with Crippen molar-refractivity contribution in [2.75, 3.05) is 27.4 Å². The van der Waals surface area contributed by atoms with E-state index in [1.165, 1.54) is 7.11 Å². The Balaban J connectivity index is 3.59. The van der Waals surface area contributed by atoms with Crippen molar-refractivity contribution in [2.24, 2.45) is 10.7 Å². The number of esters is 1. The van der Waals surface area contributed by atoms with Gasteiger partial charge in [-0.05, 0) is 19.8 Å². The number of hydrogen-bond acceptors (Lipinski definition) is 4. The van der Waals surface area contributed by atoms with E-state index in [4.69, 9.17) is 10.5 Å². The van der Waals surface area contributed by atoms with E-state index in [9.17, 15) is 4.79 Å². The van der Waals surface area contributed by atoms with Crippen molar-refractivity contribution in [3.63, 3.8) is 0 Å². The van der Waals surface area contributed by atoms with E-state index in [1.54, 1.807) is 7.11 Å². The molecular formula is C11H23N3O3. The third kappa shape index (κ3) is 9.62. The summed E-state index contributed by atoms with van der Waals surface area (Å²) < 4.78 is 9.49. The van der Waals surface area contributed by atoms with Crippen LogP contribution in [0.2, 0.25) is 0 Å². The molecule has 100 valence electrons. The summed E-state index contributed by atoms with van der Waals surface area (Å²) in [4.78, 5) is 15.0. The Labute approximate surface area is 103 Å². The van der Waals surface area contributed by atoms with Gasteiger partial charge in [-0.15, -0.1) is 0 Å². The van der Waals surface area contributed by atoms with Crippen molar-refractivity contribution in [3.05, 3.63) is 0 Å². The first-order chi connectivity index (χ1) is 8.10. The summed E-state index contributed by atoms with van der Waals surface area (Å²) in [7, 11) is 3.03. The minimum Gasteiger partial charge on any atom is -0.469 e. The summed E-state index contributed by atoms with van der Waals surface area (Å²) in [6, 6.07) is 0.138. The molecule has 0 rings (SSSR count). The molecule has 0 aliphatic rings. The summed E-state index contributed by atoms with van der Waals surface area (Å²) in [5.74, 6) is 0.224. The highest BCUT2D eigenvalue weighted by atomic mass is 16.5. The normalized spacial score (nSPS) is 13.2. The first kappa shape index (κ1) is 15.7. The lowest BCUT2D eigenvalue weighted by molar-refractivity contribution is -0.140. The average Bonchev–Trinajstić information content (AvgIpc) is 2.28. The zero-order valence-electron chi connectivity index (χ0n) is 10.9. The quantitative estimate of drug-likeness (QED) is 0.277. The number of rotatable bonds is 8. The number of ether oxygens (including phenoxy) is 2. The standard InChI is InChI=1S/C11H23N3O3/c1-9(8-16-2)14-11(12)13-7-5-4-6-10(15)17-3/h9H,4-8H2,1-3H3,(H3,12,13,14). The number of nitrogens with one attached hydrogen (secondary N) is 1. The molecule has 3 N–H and O–H groups in total. The highest BCUT2D eigenvalue weighted by Gasteiger charge is 2.01. The molecular weight excluding hydrogens is 222 g/mol. The number of methoxy groups -OCH3 is 2. The Kier molecular flexibility index (Phi) is 9.14. The predicted octanol–water partition coefficient (Wildman–Crippen LogP) is 0.269. The van der Waals surface area contributed by atoms with Crippen molar-refractivity contribution < 1.29 is 14.3 Å². The van der Waals surface area contributed by atoms with Crippen LogP contribution in [0.3, 0.4) is 0 Å². The molecule has 17 heavy (non-hydrogen) atoms. The van der Waals surface area contributed by atoms with Crippen LogP contribution in [0.5, 0.6) is 0 Å². The molecule has 1 atom stereocenters. The highest BCUT2D eigenvalue weighted by molar-refractivity contribution is 5.78. The molecule has 0 heterocycles. The monoisotopic (exact) mass is 245 g/mol. The molecule has 0 radical (unpaired) electrons. The number of aliphatic imine (C=N–C) groups is 1. The van der Waals surface area contributed by atoms with E-state index < -0.39 is 0 Å². The maximum absolute atomic E-state index is 10.8. The minimum absolute atomic E-state index is 0.138. The van der Waals surface area contributed by atoms with Gasteiger partial charge in [0.2, 0.25) is 0 Å². The molecule has 1 unspecified atom stereocenters. The topological polar surface area (TPSA) is 85.9 Å². The number of nitrogens with zero attached hydrogens (tertiary/aromatic N) is 1. The molecule has 0 aromatic carbocycles. The fourth-order valence-corrected chi connectivity index (χ4v) is 1.27. The van der Waals surface area contributed by atoms with Crippen LogP contribution in [0.25, 0.3) is 0 Å². The molecule has 0 saturated heterocycles. The molecule has 0 bridgehead atoms. The number of unbranched alkanes of at least 4 members (excludes halogenated alkanes) is 1. The molecule has 0 aliphatic carbocycles. The SMILES string of the molecule is COCC(C)NC(N)=NCCCCC(=O)OC. The maximum Gasteiger partial charge on any atom is 0.305 e. The molecule has 0 spiro atoms. The van der Waals surface area contributed by atoms with Gasteiger partial charge >= 0.3 is 5.97 Å². The van der Waals surface area contributed by atoms with Gasteiger partial charge in [0.15, 0.2) is 5.96 Å². The van der Waals surface area contributed by atoms with Crippen molar-refractivity contribution in [1.82, 2.24) is 5.32 Å². The van der Waals surface area contributed by atoms with Gasteiger partial charge in [-0.1, -0.05) is 0 Å². The van der Waals surface area contributed by atoms with E-state index in [-0.39, 0.29) is 12.0 Å². The van der Waals surface area contributed by atoms with Gasteiger partial charge in [0.1, 0.15) is 0 Å². The summed E-state index contributed by atoms with van der Waals surface area (Å²) in [6.45, 7) is 3.15. The van der Waals surface area contributed by atoms with Crippen LogP contribution in [0.4, 0.5) is 0 Å². The number of hydrogen-bond donors (Lipinski definition) is 2. The second-order valence-electron chi connectivity index (χ2n) is 3.80. The molecule has 0 amide bonds. The molecule has 0 aromatic rings. The summed E-state index contributed by atoms with van der Waals surface area (Å²) in [5.41, 5.74) is 5.66. The van der Waals surface area contributed by atoms with Crippen LogP contribution >= 0.6 is 0 Å². The second-order valence-corrected chi connectivity index (χ2v) is 3.80. The first-order valence-corrected chi connectivity index (χ1v) is 5.72. The molecule has 0 aliphatic heterocycles. The fourth-order valence-electron chi connectivity index (χ4n) is 1.27. The van der Waals surface area contributed by atoms with Gasteiger partial charge < -0.3 is 20.5 Å². The largest absolute Gasteiger partial charge is 0.469 e. The molecule has 6 heteroatoms. The maximum atomic E-state index is 10.8. The van der Waals surface area contributed by atoms with E-state index in [1.807, 2.05) is 6.92 Å². The van der Waals surface area contributed by atoms with Gasteiger partial charge in [-0.3, -0.25) is 9.79 Å². The van der Waals surface area contributed by atoms with Crippen LogP contribution in [-0.2, 0) is 14.3 Å². The summed E-state index contributed by atoms with van der Waals surface area (Å²) in [6.07, 6.45) is 2.01. The third-order valence-corrected chi connectivity index (χ3v) is 2.11. The lowest BCUT2D eigenvalue weighted by Gasteiger charge is -2.12. The highest BCUT2D eigenvalue weighted by Crippen LogP contribution is 1.97. The minimum atomic E-state index is -0.186. The van der Waals surface area contributed by atoms with Crippen LogP contribution in [0, 0.1) is 0 Å². The molecule has 0 saturated carbocycles. The van der Waals surface area contributed by atoms with E-state index >= 15 is 0 Å². The molecule has 6 nitrogen and oxygen atoms in total. The Morgan fingerprint density at radius 1 is 1.41 bits per heavy atom.